The van der Waals surface area contributed by atoms with Crippen molar-refractivity contribution in [3.8, 4) is 0 Å². The molecular weight excluding hydrogens is 282 g/mol. The molecule has 0 saturated carbocycles. The Morgan fingerprint density at radius 2 is 0.957 bits per heavy atom. The number of rotatable bonds is 5. The molecule has 0 aliphatic rings. The van der Waals surface area contributed by atoms with Gasteiger partial charge in [-0.25, -0.2) is 0 Å². The molecule has 3 aromatic carbocycles. The van der Waals surface area contributed by atoms with Gasteiger partial charge >= 0.3 is 0 Å². The van der Waals surface area contributed by atoms with Crippen LogP contribution < -0.4 is 5.73 Å². The van der Waals surface area contributed by atoms with Gasteiger partial charge in [-0.15, -0.1) is 0 Å². The van der Waals surface area contributed by atoms with Crippen molar-refractivity contribution in [2.24, 2.45) is 5.73 Å². The number of aliphatic hydroxyl groups excluding tert-OH is 1. The fraction of sp³-hybridized carbons (Fsp3) is 0.143. The molecule has 1 unspecified atom stereocenters. The second-order valence-corrected chi connectivity index (χ2v) is 5.70. The van der Waals surface area contributed by atoms with Crippen LogP contribution in [0.2, 0.25) is 0 Å². The van der Waals surface area contributed by atoms with Crippen molar-refractivity contribution < 1.29 is 5.11 Å². The summed E-state index contributed by atoms with van der Waals surface area (Å²) in [5.41, 5.74) is 9.16. The van der Waals surface area contributed by atoms with E-state index in [1.807, 2.05) is 54.6 Å². The van der Waals surface area contributed by atoms with Crippen molar-refractivity contribution in [3.05, 3.63) is 108 Å². The third kappa shape index (κ3) is 2.67. The first kappa shape index (κ1) is 15.5. The second-order valence-electron chi connectivity index (χ2n) is 5.70. The van der Waals surface area contributed by atoms with Crippen molar-refractivity contribution in [1.82, 2.24) is 0 Å². The van der Waals surface area contributed by atoms with E-state index >= 15 is 0 Å². The first-order valence-electron chi connectivity index (χ1n) is 7.83. The molecule has 0 aromatic heterocycles. The van der Waals surface area contributed by atoms with Crippen LogP contribution in [0.1, 0.15) is 16.7 Å². The highest BCUT2D eigenvalue weighted by molar-refractivity contribution is 5.52. The smallest absolute Gasteiger partial charge is 0.0624 e. The van der Waals surface area contributed by atoms with Crippen LogP contribution >= 0.6 is 0 Å². The van der Waals surface area contributed by atoms with Crippen molar-refractivity contribution in [1.29, 1.82) is 0 Å². The molecule has 3 rings (SSSR count). The molecule has 0 spiro atoms. The van der Waals surface area contributed by atoms with Gasteiger partial charge in [0.2, 0.25) is 0 Å². The molecule has 0 bridgehead atoms. The highest BCUT2D eigenvalue weighted by Crippen LogP contribution is 2.41. The number of hydrogen-bond acceptors (Lipinski definition) is 2. The van der Waals surface area contributed by atoms with Crippen LogP contribution in [0, 0.1) is 0 Å². The predicted octanol–water partition coefficient (Wildman–Crippen LogP) is 3.34. The van der Waals surface area contributed by atoms with E-state index in [0.717, 1.165) is 16.7 Å². The molecule has 0 heterocycles. The van der Waals surface area contributed by atoms with Crippen LogP contribution in [0.15, 0.2) is 91.0 Å². The van der Waals surface area contributed by atoms with Crippen LogP contribution in [-0.2, 0) is 5.41 Å². The molecule has 0 aliphatic heterocycles. The quantitative estimate of drug-likeness (QED) is 0.710. The lowest BCUT2D eigenvalue weighted by molar-refractivity contribution is 0.235. The molecule has 0 radical (unpaired) electrons. The molecule has 0 fully saturated rings. The summed E-state index contributed by atoms with van der Waals surface area (Å²) in [7, 11) is 0. The van der Waals surface area contributed by atoms with Crippen LogP contribution in [0.5, 0.6) is 0 Å². The van der Waals surface area contributed by atoms with Gasteiger partial charge in [-0.2, -0.15) is 0 Å². The molecule has 2 nitrogen and oxygen atoms in total. The molecule has 0 saturated heterocycles. The van der Waals surface area contributed by atoms with Crippen molar-refractivity contribution in [3.63, 3.8) is 0 Å². The van der Waals surface area contributed by atoms with Gasteiger partial charge in [0, 0.05) is 6.04 Å². The molecular formula is C21H21NO. The molecule has 3 aromatic rings. The van der Waals surface area contributed by atoms with Crippen LogP contribution in [-0.4, -0.2) is 17.8 Å². The molecule has 0 amide bonds. The number of aliphatic hydroxyl groups is 1. The van der Waals surface area contributed by atoms with E-state index in [4.69, 9.17) is 5.73 Å². The predicted molar refractivity (Wildman–Crippen MR) is 94.3 cm³/mol. The maximum absolute atomic E-state index is 9.93. The summed E-state index contributed by atoms with van der Waals surface area (Å²) in [4.78, 5) is 0. The summed E-state index contributed by atoms with van der Waals surface area (Å²) >= 11 is 0. The summed E-state index contributed by atoms with van der Waals surface area (Å²) < 4.78 is 0. The largest absolute Gasteiger partial charge is 0.395 e. The molecule has 116 valence electrons. The van der Waals surface area contributed by atoms with Gasteiger partial charge in [0.25, 0.3) is 0 Å². The monoisotopic (exact) mass is 303 g/mol. The Morgan fingerprint density at radius 1 is 0.652 bits per heavy atom. The zero-order valence-corrected chi connectivity index (χ0v) is 13.0. The van der Waals surface area contributed by atoms with E-state index in [9.17, 15) is 5.11 Å². The minimum absolute atomic E-state index is 0.0985. The van der Waals surface area contributed by atoms with Gasteiger partial charge in [0.15, 0.2) is 0 Å². The average molecular weight is 303 g/mol. The third-order valence-electron chi connectivity index (χ3n) is 4.44. The normalized spacial score (nSPS) is 12.8. The fourth-order valence-corrected chi connectivity index (χ4v) is 3.38. The van der Waals surface area contributed by atoms with Gasteiger partial charge in [-0.05, 0) is 16.7 Å². The van der Waals surface area contributed by atoms with Crippen molar-refractivity contribution in [2.75, 3.05) is 6.61 Å². The van der Waals surface area contributed by atoms with Crippen LogP contribution in [0.25, 0.3) is 0 Å². The van der Waals surface area contributed by atoms with E-state index in [1.165, 1.54) is 0 Å². The standard InChI is InChI=1S/C21H21NO/c22-20(16-23)21(17-10-4-1-5-11-17,18-12-6-2-7-13-18)19-14-8-3-9-15-19/h1-15,20,23H,16,22H2. The zero-order chi connectivity index (χ0) is 16.1. The summed E-state index contributed by atoms with van der Waals surface area (Å²) in [6.45, 7) is -0.0985. The zero-order valence-electron chi connectivity index (χ0n) is 13.0. The Morgan fingerprint density at radius 3 is 1.22 bits per heavy atom. The number of hydrogen-bond donors (Lipinski definition) is 2. The third-order valence-corrected chi connectivity index (χ3v) is 4.44. The summed E-state index contributed by atoms with van der Waals surface area (Å²) in [5, 5.41) is 9.93. The van der Waals surface area contributed by atoms with Gasteiger partial charge in [-0.3, -0.25) is 0 Å². The van der Waals surface area contributed by atoms with E-state index in [1.54, 1.807) is 0 Å². The van der Waals surface area contributed by atoms with E-state index in [0.29, 0.717) is 0 Å². The number of nitrogens with two attached hydrogens (primary N) is 1. The highest BCUT2D eigenvalue weighted by Gasteiger charge is 2.41. The van der Waals surface area contributed by atoms with Crippen LogP contribution in [0.3, 0.4) is 0 Å². The van der Waals surface area contributed by atoms with Crippen molar-refractivity contribution in [2.45, 2.75) is 11.5 Å². The summed E-state index contributed by atoms with van der Waals surface area (Å²) in [5.74, 6) is 0. The Hall–Kier alpha value is -2.42. The topological polar surface area (TPSA) is 46.2 Å². The fourth-order valence-electron chi connectivity index (χ4n) is 3.38. The Labute approximate surface area is 137 Å². The molecule has 23 heavy (non-hydrogen) atoms. The lowest BCUT2D eigenvalue weighted by atomic mass is 9.65. The molecule has 2 heteroatoms. The maximum Gasteiger partial charge on any atom is 0.0624 e. The lowest BCUT2D eigenvalue weighted by Gasteiger charge is -2.40. The lowest BCUT2D eigenvalue weighted by Crippen LogP contribution is -2.49. The minimum atomic E-state index is -0.585. The molecule has 1 atom stereocenters. The number of benzene rings is 3. The second kappa shape index (κ2) is 6.78. The van der Waals surface area contributed by atoms with Gasteiger partial charge in [0.1, 0.15) is 0 Å². The SMILES string of the molecule is NC(CO)C(c1ccccc1)(c1ccccc1)c1ccccc1. The maximum atomic E-state index is 9.93. The first-order valence-corrected chi connectivity index (χ1v) is 7.83. The van der Waals surface area contributed by atoms with Gasteiger partial charge in [0.05, 0.1) is 12.0 Å². The Bertz CT molecular complexity index is 629. The van der Waals surface area contributed by atoms with E-state index in [2.05, 4.69) is 36.4 Å². The Balaban J connectivity index is 2.35. The van der Waals surface area contributed by atoms with E-state index in [-0.39, 0.29) is 6.61 Å². The highest BCUT2D eigenvalue weighted by atomic mass is 16.3. The summed E-state index contributed by atoms with van der Waals surface area (Å²) in [6.07, 6.45) is 0. The Kier molecular flexibility index (Phi) is 4.56. The van der Waals surface area contributed by atoms with Crippen molar-refractivity contribution >= 4 is 0 Å². The van der Waals surface area contributed by atoms with Crippen LogP contribution in [0.4, 0.5) is 0 Å². The summed E-state index contributed by atoms with van der Waals surface area (Å²) in [6, 6.07) is 30.1. The average Bonchev–Trinajstić information content (AvgIpc) is 2.65. The van der Waals surface area contributed by atoms with Gasteiger partial charge in [-0.1, -0.05) is 91.0 Å². The molecule has 3 N–H and O–H groups in total. The first-order chi connectivity index (χ1) is 11.3. The van der Waals surface area contributed by atoms with E-state index < -0.39 is 11.5 Å². The molecule has 0 aliphatic carbocycles. The minimum Gasteiger partial charge on any atom is -0.395 e. The van der Waals surface area contributed by atoms with Gasteiger partial charge < -0.3 is 10.8 Å².